The van der Waals surface area contributed by atoms with E-state index in [0.717, 1.165) is 24.9 Å². The summed E-state index contributed by atoms with van der Waals surface area (Å²) in [7, 11) is 0. The van der Waals surface area contributed by atoms with E-state index < -0.39 is 0 Å². The van der Waals surface area contributed by atoms with Crippen molar-refractivity contribution in [1.29, 1.82) is 0 Å². The van der Waals surface area contributed by atoms with Crippen molar-refractivity contribution in [1.82, 2.24) is 10.2 Å². The van der Waals surface area contributed by atoms with E-state index >= 15 is 0 Å². The van der Waals surface area contributed by atoms with Crippen LogP contribution in [-0.4, -0.2) is 35.5 Å². The number of benzene rings is 1. The van der Waals surface area contributed by atoms with Gasteiger partial charge < -0.3 is 15.5 Å². The molecule has 0 bridgehead atoms. The number of hydrogen-bond acceptors (Lipinski definition) is 2. The molecule has 1 heterocycles. The summed E-state index contributed by atoms with van der Waals surface area (Å²) >= 11 is 0. The molecule has 2 N–H and O–H groups in total. The Labute approximate surface area is 124 Å². The molecule has 2 aliphatic rings. The lowest BCUT2D eigenvalue weighted by Crippen LogP contribution is -2.40. The van der Waals surface area contributed by atoms with Crippen LogP contribution < -0.4 is 10.6 Å². The second kappa shape index (κ2) is 5.76. The Balaban J connectivity index is 1.53. The Bertz CT molecular complexity index is 554. The number of urea groups is 1. The van der Waals surface area contributed by atoms with Crippen molar-refractivity contribution < 1.29 is 9.59 Å². The fourth-order valence-corrected chi connectivity index (χ4v) is 2.79. The summed E-state index contributed by atoms with van der Waals surface area (Å²) in [5.74, 6) is 0.163. The molecule has 1 saturated heterocycles. The van der Waals surface area contributed by atoms with Gasteiger partial charge in [0.2, 0.25) is 5.91 Å². The minimum Gasteiger partial charge on any atom is -0.338 e. The van der Waals surface area contributed by atoms with Gasteiger partial charge >= 0.3 is 6.03 Å². The van der Waals surface area contributed by atoms with E-state index in [1.807, 2.05) is 29.2 Å². The summed E-state index contributed by atoms with van der Waals surface area (Å²) in [5.41, 5.74) is 1.97. The fraction of sp³-hybridized carbons (Fsp3) is 0.500. The number of amides is 3. The van der Waals surface area contributed by atoms with Crippen LogP contribution in [-0.2, 0) is 11.2 Å². The number of aryl methyl sites for hydroxylation is 1. The second-order valence-electron chi connectivity index (χ2n) is 5.83. The third kappa shape index (κ3) is 3.35. The molecular formula is C16H21N3O2. The zero-order valence-corrected chi connectivity index (χ0v) is 12.3. The summed E-state index contributed by atoms with van der Waals surface area (Å²) in [6, 6.07) is 7.92. The number of carbonyl (C=O) groups excluding carboxylic acids is 2. The van der Waals surface area contributed by atoms with Gasteiger partial charge in [-0.05, 0) is 37.0 Å². The van der Waals surface area contributed by atoms with Gasteiger partial charge in [-0.25, -0.2) is 4.79 Å². The van der Waals surface area contributed by atoms with E-state index in [1.165, 1.54) is 5.56 Å². The van der Waals surface area contributed by atoms with E-state index in [4.69, 9.17) is 0 Å². The van der Waals surface area contributed by atoms with Gasteiger partial charge in [0.1, 0.15) is 0 Å². The summed E-state index contributed by atoms with van der Waals surface area (Å²) in [5, 5.41) is 5.73. The van der Waals surface area contributed by atoms with Crippen LogP contribution in [0.5, 0.6) is 0 Å². The fourth-order valence-electron chi connectivity index (χ4n) is 2.79. The van der Waals surface area contributed by atoms with Crippen molar-refractivity contribution in [2.45, 2.75) is 44.7 Å². The third-order valence-electron chi connectivity index (χ3n) is 4.07. The van der Waals surface area contributed by atoms with Crippen LogP contribution >= 0.6 is 0 Å². The summed E-state index contributed by atoms with van der Waals surface area (Å²) in [6.07, 6.45) is 3.56. The van der Waals surface area contributed by atoms with Gasteiger partial charge in [0, 0.05) is 24.7 Å². The molecule has 0 aromatic heterocycles. The number of nitrogens with one attached hydrogen (secondary N) is 2. The van der Waals surface area contributed by atoms with E-state index in [-0.39, 0.29) is 18.0 Å². The highest BCUT2D eigenvalue weighted by Gasteiger charge is 2.39. The first-order valence-corrected chi connectivity index (χ1v) is 7.61. The number of anilines is 1. The number of rotatable bonds is 4. The standard InChI is InChI=1S/C16H21N3O2/c1-2-11-4-3-5-12(8-11)17-16(21)18-13-9-15(20)19(10-13)14-6-7-14/h3-5,8,13-14H,2,6-7,9-10H2,1H3,(H2,17,18,21). The lowest BCUT2D eigenvalue weighted by molar-refractivity contribution is -0.128. The smallest absolute Gasteiger partial charge is 0.319 e. The highest BCUT2D eigenvalue weighted by molar-refractivity contribution is 5.90. The molecule has 5 heteroatoms. The van der Waals surface area contributed by atoms with E-state index in [9.17, 15) is 9.59 Å². The minimum atomic E-state index is -0.237. The number of likely N-dealkylation sites (tertiary alicyclic amines) is 1. The average molecular weight is 287 g/mol. The maximum atomic E-state index is 12.0. The zero-order chi connectivity index (χ0) is 14.8. The quantitative estimate of drug-likeness (QED) is 0.891. The molecule has 1 aliphatic carbocycles. The topological polar surface area (TPSA) is 61.4 Å². The molecule has 21 heavy (non-hydrogen) atoms. The molecule has 1 unspecified atom stereocenters. The van der Waals surface area contributed by atoms with Crippen LogP contribution in [0.2, 0.25) is 0 Å². The van der Waals surface area contributed by atoms with Gasteiger partial charge in [-0.2, -0.15) is 0 Å². The molecule has 3 amide bonds. The normalized spacial score (nSPS) is 21.5. The molecule has 1 aromatic rings. The average Bonchev–Trinajstić information content (AvgIpc) is 3.23. The van der Waals surface area contributed by atoms with Crippen LogP contribution in [0, 0.1) is 0 Å². The van der Waals surface area contributed by atoms with E-state index in [0.29, 0.717) is 19.0 Å². The van der Waals surface area contributed by atoms with Gasteiger partial charge in [-0.15, -0.1) is 0 Å². The van der Waals surface area contributed by atoms with Gasteiger partial charge in [0.25, 0.3) is 0 Å². The van der Waals surface area contributed by atoms with Crippen molar-refractivity contribution in [3.8, 4) is 0 Å². The lowest BCUT2D eigenvalue weighted by atomic mass is 10.1. The SMILES string of the molecule is CCc1cccc(NC(=O)NC2CC(=O)N(C3CC3)C2)c1. The Morgan fingerprint density at radius 3 is 2.90 bits per heavy atom. The molecule has 0 radical (unpaired) electrons. The van der Waals surface area contributed by atoms with Crippen LogP contribution in [0.1, 0.15) is 31.7 Å². The van der Waals surface area contributed by atoms with Crippen LogP contribution in [0.15, 0.2) is 24.3 Å². The summed E-state index contributed by atoms with van der Waals surface area (Å²) < 4.78 is 0. The maximum Gasteiger partial charge on any atom is 0.319 e. The monoisotopic (exact) mass is 287 g/mol. The largest absolute Gasteiger partial charge is 0.338 e. The predicted molar refractivity (Wildman–Crippen MR) is 81.1 cm³/mol. The summed E-state index contributed by atoms with van der Waals surface area (Å²) in [4.78, 5) is 25.8. The van der Waals surface area contributed by atoms with Crippen LogP contribution in [0.3, 0.4) is 0 Å². The second-order valence-corrected chi connectivity index (χ2v) is 5.83. The van der Waals surface area contributed by atoms with Crippen molar-refractivity contribution >= 4 is 17.6 Å². The van der Waals surface area contributed by atoms with Gasteiger partial charge in [0.15, 0.2) is 0 Å². The zero-order valence-electron chi connectivity index (χ0n) is 12.3. The summed E-state index contributed by atoms with van der Waals surface area (Å²) in [6.45, 7) is 2.72. The molecule has 1 aliphatic heterocycles. The number of hydrogen-bond donors (Lipinski definition) is 2. The van der Waals surface area contributed by atoms with Crippen molar-refractivity contribution in [2.24, 2.45) is 0 Å². The Morgan fingerprint density at radius 1 is 1.38 bits per heavy atom. The first kappa shape index (κ1) is 13.9. The van der Waals surface area contributed by atoms with Gasteiger partial charge in [0.05, 0.1) is 6.04 Å². The molecule has 0 spiro atoms. The molecule has 1 saturated carbocycles. The van der Waals surface area contributed by atoms with Crippen molar-refractivity contribution in [2.75, 3.05) is 11.9 Å². The first-order valence-electron chi connectivity index (χ1n) is 7.61. The Morgan fingerprint density at radius 2 is 2.19 bits per heavy atom. The van der Waals surface area contributed by atoms with Crippen molar-refractivity contribution in [3.63, 3.8) is 0 Å². The third-order valence-corrected chi connectivity index (χ3v) is 4.07. The van der Waals surface area contributed by atoms with E-state index in [1.54, 1.807) is 0 Å². The van der Waals surface area contributed by atoms with Crippen molar-refractivity contribution in [3.05, 3.63) is 29.8 Å². The number of carbonyl (C=O) groups is 2. The molecule has 2 fully saturated rings. The van der Waals surface area contributed by atoms with Gasteiger partial charge in [-0.1, -0.05) is 19.1 Å². The Kier molecular flexibility index (Phi) is 3.82. The predicted octanol–water partition coefficient (Wildman–Crippen LogP) is 2.13. The number of nitrogens with zero attached hydrogens (tertiary/aromatic N) is 1. The van der Waals surface area contributed by atoms with Crippen LogP contribution in [0.4, 0.5) is 10.5 Å². The molecule has 5 nitrogen and oxygen atoms in total. The minimum absolute atomic E-state index is 0.0764. The highest BCUT2D eigenvalue weighted by atomic mass is 16.2. The van der Waals surface area contributed by atoms with Gasteiger partial charge in [-0.3, -0.25) is 4.79 Å². The molecule has 1 aromatic carbocycles. The lowest BCUT2D eigenvalue weighted by Gasteiger charge is -2.16. The highest BCUT2D eigenvalue weighted by Crippen LogP contribution is 2.30. The van der Waals surface area contributed by atoms with Crippen LogP contribution in [0.25, 0.3) is 0 Å². The molecule has 1 atom stereocenters. The first-order chi connectivity index (χ1) is 10.2. The molecular weight excluding hydrogens is 266 g/mol. The molecule has 3 rings (SSSR count). The maximum absolute atomic E-state index is 12.0. The molecule has 112 valence electrons. The van der Waals surface area contributed by atoms with E-state index in [2.05, 4.69) is 17.6 Å². The Hall–Kier alpha value is -2.04.